The maximum absolute atomic E-state index is 12.4. The summed E-state index contributed by atoms with van der Waals surface area (Å²) in [4.78, 5) is 27.3. The van der Waals surface area contributed by atoms with Gasteiger partial charge in [0.05, 0.1) is 16.0 Å². The maximum Gasteiger partial charge on any atom is 0.363 e. The van der Waals surface area contributed by atoms with Crippen LogP contribution in [-0.2, 0) is 9.53 Å². The molecule has 0 N–H and O–H groups in total. The molecule has 0 fully saturated rings. The van der Waals surface area contributed by atoms with Crippen LogP contribution in [0.2, 0.25) is 0 Å². The topological polar surface area (TPSA) is 100 Å². The number of halogens is 1. The molecule has 160 valence electrons. The monoisotopic (exact) mass is 486 g/mol. The Bertz CT molecular complexity index is 1120. The first-order chi connectivity index (χ1) is 14.8. The molecule has 0 saturated carbocycles. The third-order valence-electron chi connectivity index (χ3n) is 4.33. The minimum absolute atomic E-state index is 0.0208. The number of aliphatic imine (C=N–C) groups is 1. The van der Waals surface area contributed by atoms with Crippen LogP contribution in [0.25, 0.3) is 6.08 Å². The number of rotatable bonds is 8. The standard InChI is InChI=1S/C22H19BrN2O6/c1-4-9-30-20-16(23)10-14(12-19(20)29-5-2)11-17-22(26)31-21(24-17)15-7-6-8-18(13(15)3)25(27)28/h4,6-8,10-12H,1,5,9H2,2-3H3/b17-11-. The first kappa shape index (κ1) is 22.2. The predicted octanol–water partition coefficient (Wildman–Crippen LogP) is 4.97. The van der Waals surface area contributed by atoms with Gasteiger partial charge in [-0.3, -0.25) is 10.1 Å². The molecule has 0 saturated heterocycles. The fraction of sp³-hybridized carbons (Fsp3) is 0.182. The quantitative estimate of drug-likeness (QED) is 0.171. The summed E-state index contributed by atoms with van der Waals surface area (Å²) in [5, 5.41) is 11.2. The van der Waals surface area contributed by atoms with Crippen LogP contribution in [-0.4, -0.2) is 30.0 Å². The van der Waals surface area contributed by atoms with E-state index in [1.807, 2.05) is 6.92 Å². The number of benzene rings is 2. The number of nitro groups is 1. The third kappa shape index (κ3) is 4.83. The van der Waals surface area contributed by atoms with E-state index in [2.05, 4.69) is 27.5 Å². The normalized spacial score (nSPS) is 14.2. The summed E-state index contributed by atoms with van der Waals surface area (Å²) in [6.07, 6.45) is 3.17. The molecule has 3 rings (SSSR count). The Morgan fingerprint density at radius 1 is 1.32 bits per heavy atom. The number of hydrogen-bond acceptors (Lipinski definition) is 7. The van der Waals surface area contributed by atoms with Crippen LogP contribution < -0.4 is 9.47 Å². The molecule has 8 nitrogen and oxygen atoms in total. The lowest BCUT2D eigenvalue weighted by molar-refractivity contribution is -0.385. The molecule has 0 atom stereocenters. The van der Waals surface area contributed by atoms with Gasteiger partial charge in [-0.25, -0.2) is 9.79 Å². The fourth-order valence-electron chi connectivity index (χ4n) is 2.95. The van der Waals surface area contributed by atoms with Crippen molar-refractivity contribution < 1.29 is 23.9 Å². The van der Waals surface area contributed by atoms with Crippen molar-refractivity contribution in [2.75, 3.05) is 13.2 Å². The van der Waals surface area contributed by atoms with E-state index in [9.17, 15) is 14.9 Å². The average molecular weight is 487 g/mol. The van der Waals surface area contributed by atoms with E-state index in [1.54, 1.807) is 37.3 Å². The highest BCUT2D eigenvalue weighted by Crippen LogP contribution is 2.38. The molecule has 0 aromatic heterocycles. The number of cyclic esters (lactones) is 1. The van der Waals surface area contributed by atoms with Crippen molar-refractivity contribution in [3.8, 4) is 11.5 Å². The van der Waals surface area contributed by atoms with E-state index < -0.39 is 10.9 Å². The zero-order valence-electron chi connectivity index (χ0n) is 16.9. The van der Waals surface area contributed by atoms with Crippen molar-refractivity contribution in [2.45, 2.75) is 13.8 Å². The number of esters is 1. The number of ether oxygens (including phenoxy) is 3. The lowest BCUT2D eigenvalue weighted by Crippen LogP contribution is -2.08. The average Bonchev–Trinajstić information content (AvgIpc) is 3.07. The zero-order valence-corrected chi connectivity index (χ0v) is 18.5. The number of carbonyl (C=O) groups excluding carboxylic acids is 1. The molecule has 9 heteroatoms. The Hall–Kier alpha value is -3.46. The molecule has 1 aliphatic heterocycles. The molecule has 1 heterocycles. The van der Waals surface area contributed by atoms with Crippen molar-refractivity contribution in [3.63, 3.8) is 0 Å². The summed E-state index contributed by atoms with van der Waals surface area (Å²) in [6, 6.07) is 8.00. The van der Waals surface area contributed by atoms with Crippen molar-refractivity contribution >= 4 is 39.6 Å². The molecule has 2 aromatic carbocycles. The first-order valence-electron chi connectivity index (χ1n) is 9.32. The minimum atomic E-state index is -0.651. The predicted molar refractivity (Wildman–Crippen MR) is 119 cm³/mol. The van der Waals surface area contributed by atoms with Crippen LogP contribution in [0.5, 0.6) is 11.5 Å². The van der Waals surface area contributed by atoms with Gasteiger partial charge in [-0.15, -0.1) is 0 Å². The van der Waals surface area contributed by atoms with Crippen molar-refractivity contribution in [1.82, 2.24) is 0 Å². The van der Waals surface area contributed by atoms with Crippen LogP contribution in [0.1, 0.15) is 23.6 Å². The van der Waals surface area contributed by atoms with E-state index in [1.165, 1.54) is 12.1 Å². The molecule has 0 bridgehead atoms. The Labute approximate surface area is 187 Å². The molecule has 0 unspecified atom stereocenters. The van der Waals surface area contributed by atoms with Crippen LogP contribution in [0, 0.1) is 17.0 Å². The van der Waals surface area contributed by atoms with Crippen LogP contribution >= 0.6 is 15.9 Å². The molecule has 0 spiro atoms. The number of nitro benzene ring substituents is 1. The number of hydrogen-bond donors (Lipinski definition) is 0. The molecule has 0 aliphatic carbocycles. The van der Waals surface area contributed by atoms with Gasteiger partial charge in [0, 0.05) is 17.2 Å². The molecule has 0 radical (unpaired) electrons. The number of nitrogens with zero attached hydrogens (tertiary/aromatic N) is 2. The fourth-order valence-corrected chi connectivity index (χ4v) is 3.53. The highest BCUT2D eigenvalue weighted by Gasteiger charge is 2.27. The zero-order chi connectivity index (χ0) is 22.5. The van der Waals surface area contributed by atoms with Gasteiger partial charge in [-0.05, 0) is 59.6 Å². The first-order valence-corrected chi connectivity index (χ1v) is 10.1. The van der Waals surface area contributed by atoms with Gasteiger partial charge in [-0.1, -0.05) is 18.7 Å². The summed E-state index contributed by atoms with van der Waals surface area (Å²) in [6.45, 7) is 7.80. The van der Waals surface area contributed by atoms with Crippen LogP contribution in [0.15, 0.2) is 58.1 Å². The second kappa shape index (κ2) is 9.57. The summed E-state index contributed by atoms with van der Waals surface area (Å²) < 4.78 is 17.2. The van der Waals surface area contributed by atoms with Gasteiger partial charge in [0.2, 0.25) is 5.90 Å². The maximum atomic E-state index is 12.4. The lowest BCUT2D eigenvalue weighted by Gasteiger charge is -2.13. The van der Waals surface area contributed by atoms with Gasteiger partial charge < -0.3 is 14.2 Å². The van der Waals surface area contributed by atoms with Crippen molar-refractivity contribution in [3.05, 3.63) is 80.0 Å². The van der Waals surface area contributed by atoms with E-state index in [4.69, 9.17) is 14.2 Å². The van der Waals surface area contributed by atoms with Gasteiger partial charge >= 0.3 is 5.97 Å². The Morgan fingerprint density at radius 3 is 2.77 bits per heavy atom. The Morgan fingerprint density at radius 2 is 2.10 bits per heavy atom. The van der Waals surface area contributed by atoms with Crippen LogP contribution in [0.3, 0.4) is 0 Å². The summed E-state index contributed by atoms with van der Waals surface area (Å²) in [5.74, 6) is 0.388. The van der Waals surface area contributed by atoms with Gasteiger partial charge in [0.1, 0.15) is 6.61 Å². The molecule has 1 aliphatic rings. The van der Waals surface area contributed by atoms with E-state index in [0.29, 0.717) is 45.9 Å². The van der Waals surface area contributed by atoms with E-state index in [0.717, 1.165) is 0 Å². The Kier molecular flexibility index (Phi) is 6.86. The lowest BCUT2D eigenvalue weighted by atomic mass is 10.1. The van der Waals surface area contributed by atoms with E-state index in [-0.39, 0.29) is 17.3 Å². The molecule has 31 heavy (non-hydrogen) atoms. The highest BCUT2D eigenvalue weighted by atomic mass is 79.9. The smallest absolute Gasteiger partial charge is 0.363 e. The summed E-state index contributed by atoms with van der Waals surface area (Å²) in [5.41, 5.74) is 1.37. The minimum Gasteiger partial charge on any atom is -0.490 e. The highest BCUT2D eigenvalue weighted by molar-refractivity contribution is 9.10. The second-order valence-corrected chi connectivity index (χ2v) is 7.26. The second-order valence-electron chi connectivity index (χ2n) is 6.41. The summed E-state index contributed by atoms with van der Waals surface area (Å²) in [7, 11) is 0. The molecular formula is C22H19BrN2O6. The van der Waals surface area contributed by atoms with Crippen molar-refractivity contribution in [2.24, 2.45) is 4.99 Å². The largest absolute Gasteiger partial charge is 0.490 e. The SMILES string of the molecule is C=CCOc1c(Br)cc(/C=C2\N=C(c3cccc([N+](=O)[O-])c3C)OC2=O)cc1OCC. The third-order valence-corrected chi connectivity index (χ3v) is 4.92. The number of carbonyl (C=O) groups is 1. The van der Waals surface area contributed by atoms with Gasteiger partial charge in [0.15, 0.2) is 17.2 Å². The van der Waals surface area contributed by atoms with E-state index >= 15 is 0 Å². The molecule has 0 amide bonds. The van der Waals surface area contributed by atoms with Gasteiger partial charge in [-0.2, -0.15) is 0 Å². The van der Waals surface area contributed by atoms with Crippen LogP contribution in [0.4, 0.5) is 5.69 Å². The van der Waals surface area contributed by atoms with Gasteiger partial charge in [0.25, 0.3) is 5.69 Å². The Balaban J connectivity index is 2.00. The molecular weight excluding hydrogens is 468 g/mol. The molecule has 2 aromatic rings. The van der Waals surface area contributed by atoms with Crippen molar-refractivity contribution in [1.29, 1.82) is 0 Å². The summed E-state index contributed by atoms with van der Waals surface area (Å²) >= 11 is 3.46.